The first-order valence-electron chi connectivity index (χ1n) is 12.5. The van der Waals surface area contributed by atoms with E-state index in [1.807, 2.05) is 29.2 Å². The summed E-state index contributed by atoms with van der Waals surface area (Å²) in [6.45, 7) is 7.63. The van der Waals surface area contributed by atoms with Gasteiger partial charge in [0.25, 0.3) is 5.91 Å². The fourth-order valence-corrected chi connectivity index (χ4v) is 5.19. The summed E-state index contributed by atoms with van der Waals surface area (Å²) in [5.74, 6) is 2.88. The van der Waals surface area contributed by atoms with Crippen LogP contribution in [0.15, 0.2) is 36.4 Å². The number of likely N-dealkylation sites (tertiary alicyclic amines) is 1. The Hall–Kier alpha value is -2.44. The van der Waals surface area contributed by atoms with Crippen LogP contribution in [0.5, 0.6) is 17.2 Å². The minimum Gasteiger partial charge on any atom is -0.494 e. The van der Waals surface area contributed by atoms with Crippen molar-refractivity contribution in [2.24, 2.45) is 5.92 Å². The predicted octanol–water partition coefficient (Wildman–Crippen LogP) is 5.00. The Morgan fingerprint density at radius 3 is 2.60 bits per heavy atom. The average Bonchev–Trinajstić information content (AvgIpc) is 3.08. The molecule has 0 spiro atoms. The lowest BCUT2D eigenvalue weighted by Gasteiger charge is -2.33. The number of rotatable bonds is 9. The largest absolute Gasteiger partial charge is 0.494 e. The minimum atomic E-state index is 0. The molecule has 1 saturated heterocycles. The fourth-order valence-electron chi connectivity index (χ4n) is 5.19. The van der Waals surface area contributed by atoms with Crippen molar-refractivity contribution in [1.82, 2.24) is 9.80 Å². The lowest BCUT2D eigenvalue weighted by molar-refractivity contribution is 0.0694. The van der Waals surface area contributed by atoms with Crippen molar-refractivity contribution in [2.45, 2.75) is 39.0 Å². The second kappa shape index (κ2) is 13.0. The van der Waals surface area contributed by atoms with Crippen LogP contribution in [-0.4, -0.2) is 69.3 Å². The number of nitrogens with zero attached hydrogens (tertiary/aromatic N) is 2. The first-order chi connectivity index (χ1) is 16.6. The lowest BCUT2D eigenvalue weighted by Crippen LogP contribution is -2.43. The first kappa shape index (κ1) is 27.2. The van der Waals surface area contributed by atoms with Crippen molar-refractivity contribution < 1.29 is 19.0 Å². The van der Waals surface area contributed by atoms with Gasteiger partial charge in [-0.1, -0.05) is 18.6 Å². The fraction of sp³-hybridized carbons (Fsp3) is 0.536. The Labute approximate surface area is 215 Å². The van der Waals surface area contributed by atoms with E-state index in [9.17, 15) is 4.79 Å². The van der Waals surface area contributed by atoms with Gasteiger partial charge in [-0.05, 0) is 80.5 Å². The molecule has 0 radical (unpaired) electrons. The molecule has 1 amide bonds. The highest BCUT2D eigenvalue weighted by Crippen LogP contribution is 2.33. The van der Waals surface area contributed by atoms with Crippen molar-refractivity contribution in [3.63, 3.8) is 0 Å². The molecule has 1 fully saturated rings. The van der Waals surface area contributed by atoms with Crippen molar-refractivity contribution >= 4 is 18.3 Å². The van der Waals surface area contributed by atoms with Crippen molar-refractivity contribution in [3.8, 4) is 17.2 Å². The Bertz CT molecular complexity index is 983. The Morgan fingerprint density at radius 2 is 1.83 bits per heavy atom. The second-order valence-electron chi connectivity index (χ2n) is 9.55. The van der Waals surface area contributed by atoms with Crippen molar-refractivity contribution in [2.75, 3.05) is 53.6 Å². The number of carbonyl (C=O) groups excluding carboxylic acids is 1. The SMILES string of the molecule is COc1cc2c(cc1OC)C(=O)N(CC1CCCCN(CCCOc3cccc(C)c3)C1)CC2.Cl. The Morgan fingerprint density at radius 1 is 1.03 bits per heavy atom. The van der Waals surface area contributed by atoms with E-state index in [4.69, 9.17) is 14.2 Å². The van der Waals surface area contributed by atoms with Gasteiger partial charge < -0.3 is 24.0 Å². The summed E-state index contributed by atoms with van der Waals surface area (Å²) in [5.41, 5.74) is 3.03. The van der Waals surface area contributed by atoms with Crippen LogP contribution >= 0.6 is 12.4 Å². The maximum absolute atomic E-state index is 13.3. The maximum Gasteiger partial charge on any atom is 0.254 e. The number of carbonyl (C=O) groups is 1. The molecule has 0 aliphatic carbocycles. The quantitative estimate of drug-likeness (QED) is 0.451. The molecule has 35 heavy (non-hydrogen) atoms. The predicted molar refractivity (Wildman–Crippen MR) is 141 cm³/mol. The molecule has 0 N–H and O–H groups in total. The molecule has 1 atom stereocenters. The number of halogens is 1. The molecule has 0 bridgehead atoms. The summed E-state index contributed by atoms with van der Waals surface area (Å²) in [7, 11) is 3.25. The number of benzene rings is 2. The normalized spacial score (nSPS) is 18.3. The van der Waals surface area contributed by atoms with Crippen molar-refractivity contribution in [3.05, 3.63) is 53.1 Å². The number of amides is 1. The molecule has 4 rings (SSSR count). The molecule has 192 valence electrons. The standard InChI is InChI=1S/C28H38N2O4.ClH/c1-21-8-6-10-24(16-21)34-15-7-13-29-12-5-4-9-22(19-29)20-30-14-11-23-17-26(32-2)27(33-3)18-25(23)28(30)31;/h6,8,10,16-18,22H,4-5,7,9,11-15,19-20H2,1-3H3;1H. The van der Waals surface area contributed by atoms with Crippen LogP contribution in [0.2, 0.25) is 0 Å². The zero-order valence-corrected chi connectivity index (χ0v) is 22.1. The third-order valence-electron chi connectivity index (χ3n) is 6.99. The number of methoxy groups -OCH3 is 2. The van der Waals surface area contributed by atoms with E-state index in [1.165, 1.54) is 24.8 Å². The summed E-state index contributed by atoms with van der Waals surface area (Å²) in [6.07, 6.45) is 5.50. The summed E-state index contributed by atoms with van der Waals surface area (Å²) in [6, 6.07) is 12.0. The van der Waals surface area contributed by atoms with Crippen LogP contribution in [-0.2, 0) is 6.42 Å². The molecule has 2 aromatic carbocycles. The zero-order valence-electron chi connectivity index (χ0n) is 21.3. The summed E-state index contributed by atoms with van der Waals surface area (Å²) in [4.78, 5) is 17.9. The van der Waals surface area contributed by atoms with E-state index >= 15 is 0 Å². The number of hydrogen-bond donors (Lipinski definition) is 0. The first-order valence-corrected chi connectivity index (χ1v) is 12.5. The highest BCUT2D eigenvalue weighted by Gasteiger charge is 2.29. The van der Waals surface area contributed by atoms with E-state index in [2.05, 4.69) is 24.0 Å². The number of fused-ring (bicyclic) bond motifs is 1. The van der Waals surface area contributed by atoms with Crippen molar-refractivity contribution in [1.29, 1.82) is 0 Å². The number of ether oxygens (including phenoxy) is 3. The van der Waals surface area contributed by atoms with Gasteiger partial charge in [-0.25, -0.2) is 0 Å². The maximum atomic E-state index is 13.3. The van der Waals surface area contributed by atoms with Gasteiger partial charge in [0.05, 0.1) is 20.8 Å². The molecule has 7 heteroatoms. The topological polar surface area (TPSA) is 51.2 Å². The zero-order chi connectivity index (χ0) is 23.9. The molecule has 2 aliphatic rings. The van der Waals surface area contributed by atoms with Gasteiger partial charge in [-0.3, -0.25) is 4.79 Å². The Balaban J connectivity index is 0.00000342. The third-order valence-corrected chi connectivity index (χ3v) is 6.99. The van der Waals surface area contributed by atoms with E-state index in [0.29, 0.717) is 17.4 Å². The van der Waals surface area contributed by atoms with E-state index in [-0.39, 0.29) is 18.3 Å². The summed E-state index contributed by atoms with van der Waals surface area (Å²) in [5, 5.41) is 0. The van der Waals surface area contributed by atoms with Crippen LogP contribution in [0, 0.1) is 12.8 Å². The monoisotopic (exact) mass is 502 g/mol. The number of aryl methyl sites for hydroxylation is 1. The molecule has 2 aliphatic heterocycles. The molecule has 2 heterocycles. The van der Waals surface area contributed by atoms with Gasteiger partial charge in [0.15, 0.2) is 11.5 Å². The van der Waals surface area contributed by atoms with Gasteiger partial charge in [0.1, 0.15) is 5.75 Å². The van der Waals surface area contributed by atoms with Gasteiger partial charge in [-0.2, -0.15) is 0 Å². The molecule has 2 aromatic rings. The highest BCUT2D eigenvalue weighted by molar-refractivity contribution is 5.97. The lowest BCUT2D eigenvalue weighted by atomic mass is 9.95. The van der Waals surface area contributed by atoms with Gasteiger partial charge in [0.2, 0.25) is 0 Å². The van der Waals surface area contributed by atoms with Crippen LogP contribution in [0.4, 0.5) is 0 Å². The van der Waals surface area contributed by atoms with Crippen LogP contribution in [0.1, 0.15) is 47.2 Å². The highest BCUT2D eigenvalue weighted by atomic mass is 35.5. The summed E-state index contributed by atoms with van der Waals surface area (Å²) < 4.78 is 16.8. The van der Waals surface area contributed by atoms with Crippen LogP contribution < -0.4 is 14.2 Å². The molecule has 6 nitrogen and oxygen atoms in total. The summed E-state index contributed by atoms with van der Waals surface area (Å²) >= 11 is 0. The molecule has 1 unspecified atom stereocenters. The molecule has 0 aromatic heterocycles. The number of hydrogen-bond acceptors (Lipinski definition) is 5. The van der Waals surface area contributed by atoms with Crippen LogP contribution in [0.3, 0.4) is 0 Å². The molecule has 0 saturated carbocycles. The molecular weight excluding hydrogens is 464 g/mol. The molecular formula is C28H39ClN2O4. The van der Waals surface area contributed by atoms with Crippen LogP contribution in [0.25, 0.3) is 0 Å². The van der Waals surface area contributed by atoms with Gasteiger partial charge in [0, 0.05) is 31.7 Å². The van der Waals surface area contributed by atoms with E-state index in [1.54, 1.807) is 14.2 Å². The van der Waals surface area contributed by atoms with Gasteiger partial charge >= 0.3 is 0 Å². The van der Waals surface area contributed by atoms with Gasteiger partial charge in [-0.15, -0.1) is 12.4 Å². The minimum absolute atomic E-state index is 0. The smallest absolute Gasteiger partial charge is 0.254 e. The van der Waals surface area contributed by atoms with E-state index < -0.39 is 0 Å². The third kappa shape index (κ3) is 7.05. The Kier molecular flexibility index (Phi) is 10.1. The average molecular weight is 503 g/mol. The second-order valence-corrected chi connectivity index (χ2v) is 9.55. The van der Waals surface area contributed by atoms with E-state index in [0.717, 1.165) is 69.0 Å².